The van der Waals surface area contributed by atoms with Crippen LogP contribution in [0.25, 0.3) is 0 Å². The quantitative estimate of drug-likeness (QED) is 0.712. The van der Waals surface area contributed by atoms with Crippen molar-refractivity contribution in [2.45, 2.75) is 6.04 Å². The smallest absolute Gasteiger partial charge is 0.335 e. The van der Waals surface area contributed by atoms with E-state index in [1.165, 1.54) is 6.08 Å². The molecule has 88 valence electrons. The molecule has 0 aliphatic carbocycles. The van der Waals surface area contributed by atoms with E-state index in [0.717, 1.165) is 12.1 Å². The molecule has 0 unspecified atom stereocenters. The van der Waals surface area contributed by atoms with Gasteiger partial charge in [0.25, 0.3) is 0 Å². The van der Waals surface area contributed by atoms with Gasteiger partial charge in [0.1, 0.15) is 0 Å². The molecule has 0 saturated carbocycles. The van der Waals surface area contributed by atoms with Crippen LogP contribution in [-0.2, 0) is 0 Å². The second-order valence-electron chi connectivity index (χ2n) is 2.96. The molecule has 0 aliphatic rings. The Labute approximate surface area is 97.6 Å². The Morgan fingerprint density at radius 2 is 2.12 bits per heavy atom. The van der Waals surface area contributed by atoms with Crippen LogP contribution in [0, 0.1) is 5.82 Å². The van der Waals surface area contributed by atoms with Crippen LogP contribution >= 0.6 is 12.4 Å². The van der Waals surface area contributed by atoms with Gasteiger partial charge in [-0.1, -0.05) is 6.08 Å². The Kier molecular flexibility index (Phi) is 4.94. The molecule has 6 heteroatoms. The number of benzene rings is 1. The monoisotopic (exact) mass is 247 g/mol. The van der Waals surface area contributed by atoms with E-state index in [9.17, 15) is 14.3 Å². The van der Waals surface area contributed by atoms with Crippen LogP contribution in [0.5, 0.6) is 5.75 Å². The predicted molar refractivity (Wildman–Crippen MR) is 59.4 cm³/mol. The van der Waals surface area contributed by atoms with Gasteiger partial charge in [-0.05, 0) is 12.1 Å². The molecule has 4 N–H and O–H groups in total. The summed E-state index contributed by atoms with van der Waals surface area (Å²) in [5.41, 5.74) is 5.23. The van der Waals surface area contributed by atoms with Crippen molar-refractivity contribution in [3.05, 3.63) is 41.7 Å². The maximum atomic E-state index is 13.1. The fourth-order valence-electron chi connectivity index (χ4n) is 1.12. The number of phenols is 1. The number of hydrogen-bond donors (Lipinski definition) is 3. The van der Waals surface area contributed by atoms with Crippen LogP contribution in [0.2, 0.25) is 0 Å². The molecule has 0 aliphatic heterocycles. The average molecular weight is 248 g/mol. The zero-order valence-corrected chi connectivity index (χ0v) is 9.00. The number of carboxylic acid groups (broad SMARTS) is 1. The average Bonchev–Trinajstić information content (AvgIpc) is 2.20. The molecule has 0 bridgehead atoms. The van der Waals surface area contributed by atoms with Gasteiger partial charge in [0.2, 0.25) is 0 Å². The number of phenolic OH excluding ortho intramolecular Hbond substituents is 1. The maximum absolute atomic E-state index is 13.1. The number of hydrogen-bond acceptors (Lipinski definition) is 3. The largest absolute Gasteiger partial charge is 0.505 e. The van der Waals surface area contributed by atoms with Crippen molar-refractivity contribution in [1.82, 2.24) is 0 Å². The van der Waals surface area contributed by atoms with Gasteiger partial charge in [0, 0.05) is 5.56 Å². The molecule has 0 amide bonds. The number of nitrogens with two attached hydrogens (primary N) is 1. The second kappa shape index (κ2) is 5.48. The highest BCUT2D eigenvalue weighted by molar-refractivity contribution is 5.88. The van der Waals surface area contributed by atoms with Gasteiger partial charge in [0.15, 0.2) is 11.6 Å². The normalized spacial score (nSPS) is 11.4. The molecule has 1 rings (SSSR count). The van der Waals surface area contributed by atoms with E-state index in [2.05, 4.69) is 6.58 Å². The lowest BCUT2D eigenvalue weighted by atomic mass is 10.0. The third-order valence-corrected chi connectivity index (χ3v) is 1.95. The molecular formula is C10H11ClFNO3. The number of carboxylic acids is 1. The summed E-state index contributed by atoms with van der Waals surface area (Å²) in [6.07, 6.45) is 1.28. The third-order valence-electron chi connectivity index (χ3n) is 1.95. The minimum atomic E-state index is -1.29. The first-order chi connectivity index (χ1) is 6.97. The van der Waals surface area contributed by atoms with Gasteiger partial charge in [0.05, 0.1) is 11.6 Å². The third kappa shape index (κ3) is 2.71. The van der Waals surface area contributed by atoms with Gasteiger partial charge >= 0.3 is 5.97 Å². The Hall–Kier alpha value is -1.59. The minimum Gasteiger partial charge on any atom is -0.505 e. The molecule has 1 aromatic carbocycles. The topological polar surface area (TPSA) is 83.6 Å². The van der Waals surface area contributed by atoms with E-state index in [-0.39, 0.29) is 23.5 Å². The molecule has 0 radical (unpaired) electrons. The minimum absolute atomic E-state index is 0. The van der Waals surface area contributed by atoms with Crippen molar-refractivity contribution in [1.29, 1.82) is 0 Å². The molecule has 0 aromatic heterocycles. The fraction of sp³-hybridized carbons (Fsp3) is 0.100. The lowest BCUT2D eigenvalue weighted by molar-refractivity contribution is 0.0696. The maximum Gasteiger partial charge on any atom is 0.335 e. The number of carbonyl (C=O) groups is 1. The van der Waals surface area contributed by atoms with Crippen molar-refractivity contribution >= 4 is 18.4 Å². The SMILES string of the molecule is C=C[C@H](N)c1cc(C(=O)O)cc(F)c1O.Cl. The van der Waals surface area contributed by atoms with Crippen molar-refractivity contribution in [3.63, 3.8) is 0 Å². The highest BCUT2D eigenvalue weighted by Gasteiger charge is 2.16. The van der Waals surface area contributed by atoms with Gasteiger partial charge < -0.3 is 15.9 Å². The van der Waals surface area contributed by atoms with Crippen molar-refractivity contribution < 1.29 is 19.4 Å². The number of aromatic carboxylic acids is 1. The van der Waals surface area contributed by atoms with E-state index >= 15 is 0 Å². The highest BCUT2D eigenvalue weighted by atomic mass is 35.5. The zero-order chi connectivity index (χ0) is 11.6. The highest BCUT2D eigenvalue weighted by Crippen LogP contribution is 2.27. The molecule has 0 fully saturated rings. The van der Waals surface area contributed by atoms with Crippen LogP contribution in [0.15, 0.2) is 24.8 Å². The first-order valence-electron chi connectivity index (χ1n) is 4.11. The Bertz CT molecular complexity index is 423. The molecule has 0 spiro atoms. The van der Waals surface area contributed by atoms with E-state index in [0.29, 0.717) is 0 Å². The zero-order valence-electron chi connectivity index (χ0n) is 8.18. The van der Waals surface area contributed by atoms with E-state index in [4.69, 9.17) is 10.8 Å². The van der Waals surface area contributed by atoms with Crippen molar-refractivity contribution in [2.24, 2.45) is 5.73 Å². The van der Waals surface area contributed by atoms with E-state index < -0.39 is 23.6 Å². The predicted octanol–water partition coefficient (Wildman–Crippen LogP) is 1.84. The molecular weight excluding hydrogens is 237 g/mol. The molecule has 4 nitrogen and oxygen atoms in total. The van der Waals surface area contributed by atoms with Crippen LogP contribution in [0.3, 0.4) is 0 Å². The van der Waals surface area contributed by atoms with Crippen LogP contribution in [0.4, 0.5) is 4.39 Å². The van der Waals surface area contributed by atoms with E-state index in [1.54, 1.807) is 0 Å². The Balaban J connectivity index is 0.00000225. The Morgan fingerprint density at radius 3 is 2.56 bits per heavy atom. The molecule has 1 aromatic rings. The van der Waals surface area contributed by atoms with Crippen molar-refractivity contribution in [3.8, 4) is 5.75 Å². The summed E-state index contributed by atoms with van der Waals surface area (Å²) in [5.74, 6) is -2.94. The lowest BCUT2D eigenvalue weighted by Crippen LogP contribution is -2.09. The number of halogens is 2. The van der Waals surface area contributed by atoms with Crippen LogP contribution in [-0.4, -0.2) is 16.2 Å². The van der Waals surface area contributed by atoms with Gasteiger partial charge in [-0.25, -0.2) is 9.18 Å². The standard InChI is InChI=1S/C10H10FNO3.ClH/c1-2-8(12)6-3-5(10(14)15)4-7(11)9(6)13;/h2-4,8,13H,1,12H2,(H,14,15);1H/t8-;/m0./s1. The fourth-order valence-corrected chi connectivity index (χ4v) is 1.12. The van der Waals surface area contributed by atoms with Crippen LogP contribution < -0.4 is 5.73 Å². The summed E-state index contributed by atoms with van der Waals surface area (Å²) in [6, 6.07) is 1.04. The summed E-state index contributed by atoms with van der Waals surface area (Å²) in [5, 5.41) is 18.0. The summed E-state index contributed by atoms with van der Waals surface area (Å²) >= 11 is 0. The molecule has 0 saturated heterocycles. The van der Waals surface area contributed by atoms with Gasteiger partial charge in [-0.2, -0.15) is 0 Å². The van der Waals surface area contributed by atoms with Crippen molar-refractivity contribution in [2.75, 3.05) is 0 Å². The lowest BCUT2D eigenvalue weighted by Gasteiger charge is -2.10. The van der Waals surface area contributed by atoms with Crippen LogP contribution in [0.1, 0.15) is 22.0 Å². The van der Waals surface area contributed by atoms with Gasteiger partial charge in [-0.15, -0.1) is 19.0 Å². The Morgan fingerprint density at radius 1 is 1.56 bits per heavy atom. The first-order valence-corrected chi connectivity index (χ1v) is 4.11. The first kappa shape index (κ1) is 14.4. The molecule has 0 heterocycles. The van der Waals surface area contributed by atoms with E-state index in [1.807, 2.05) is 0 Å². The second-order valence-corrected chi connectivity index (χ2v) is 2.96. The molecule has 16 heavy (non-hydrogen) atoms. The summed E-state index contributed by atoms with van der Waals surface area (Å²) in [6.45, 7) is 3.38. The summed E-state index contributed by atoms with van der Waals surface area (Å²) in [4.78, 5) is 10.6. The molecule has 1 atom stereocenters. The number of aromatic hydroxyl groups is 1. The van der Waals surface area contributed by atoms with Gasteiger partial charge in [-0.3, -0.25) is 0 Å². The summed E-state index contributed by atoms with van der Waals surface area (Å²) in [7, 11) is 0. The summed E-state index contributed by atoms with van der Waals surface area (Å²) < 4.78 is 13.1. The number of rotatable bonds is 3.